The van der Waals surface area contributed by atoms with Crippen LogP contribution in [0.2, 0.25) is 0 Å². The molecule has 2 heterocycles. The van der Waals surface area contributed by atoms with Crippen molar-refractivity contribution in [2.24, 2.45) is 0 Å². The van der Waals surface area contributed by atoms with E-state index in [4.69, 9.17) is 5.10 Å². The van der Waals surface area contributed by atoms with Crippen molar-refractivity contribution in [1.82, 2.24) is 24.9 Å². The summed E-state index contributed by atoms with van der Waals surface area (Å²) in [7, 11) is 2.13. The van der Waals surface area contributed by atoms with Gasteiger partial charge in [-0.05, 0) is 51.4 Å². The van der Waals surface area contributed by atoms with Crippen LogP contribution in [0, 0.1) is 12.7 Å². The SMILES string of the molecule is CCCN(Cc1c(C)nn(-c2cccc(F)c2)c1N1CCN(C)CC1)C(=O)NC1CCCCC1. The molecule has 0 radical (unpaired) electrons. The second kappa shape index (κ2) is 11.2. The van der Waals surface area contributed by atoms with Gasteiger partial charge in [0.15, 0.2) is 0 Å². The zero-order valence-corrected chi connectivity index (χ0v) is 20.9. The average molecular weight is 471 g/mol. The summed E-state index contributed by atoms with van der Waals surface area (Å²) in [5.74, 6) is 0.693. The predicted molar refractivity (Wildman–Crippen MR) is 134 cm³/mol. The Morgan fingerprint density at radius 3 is 2.59 bits per heavy atom. The van der Waals surface area contributed by atoms with Gasteiger partial charge in [0.1, 0.15) is 11.6 Å². The third-order valence-corrected chi connectivity index (χ3v) is 7.08. The molecular formula is C26H39FN6O. The minimum absolute atomic E-state index is 0.0102. The number of halogens is 1. The minimum atomic E-state index is -0.281. The monoisotopic (exact) mass is 470 g/mol. The molecule has 1 aliphatic carbocycles. The molecule has 8 heteroatoms. The lowest BCUT2D eigenvalue weighted by molar-refractivity contribution is 0.187. The van der Waals surface area contributed by atoms with Crippen LogP contribution in [0.25, 0.3) is 5.69 Å². The number of likely N-dealkylation sites (N-methyl/N-ethyl adjacent to an activating group) is 1. The molecule has 2 aromatic rings. The van der Waals surface area contributed by atoms with Crippen molar-refractivity contribution in [2.45, 2.75) is 65.0 Å². The molecule has 4 rings (SSSR count). The Balaban J connectivity index is 1.65. The lowest BCUT2D eigenvalue weighted by Crippen LogP contribution is -2.47. The normalized spacial score (nSPS) is 17.7. The number of hydrogen-bond acceptors (Lipinski definition) is 4. The number of aromatic nitrogens is 2. The molecule has 1 saturated carbocycles. The highest BCUT2D eigenvalue weighted by Gasteiger charge is 2.28. The van der Waals surface area contributed by atoms with Crippen molar-refractivity contribution in [3.63, 3.8) is 0 Å². The van der Waals surface area contributed by atoms with E-state index in [1.165, 1.54) is 31.4 Å². The molecule has 0 bridgehead atoms. The van der Waals surface area contributed by atoms with E-state index in [-0.39, 0.29) is 17.9 Å². The molecule has 1 N–H and O–H groups in total. The highest BCUT2D eigenvalue weighted by atomic mass is 19.1. The van der Waals surface area contributed by atoms with E-state index in [0.29, 0.717) is 18.8 Å². The van der Waals surface area contributed by atoms with E-state index in [1.54, 1.807) is 6.07 Å². The van der Waals surface area contributed by atoms with E-state index in [1.807, 2.05) is 22.6 Å². The summed E-state index contributed by atoms with van der Waals surface area (Å²) in [6.07, 6.45) is 6.65. The van der Waals surface area contributed by atoms with Gasteiger partial charge in [0.25, 0.3) is 0 Å². The first-order chi connectivity index (χ1) is 16.5. The molecule has 34 heavy (non-hydrogen) atoms. The zero-order valence-electron chi connectivity index (χ0n) is 20.9. The third kappa shape index (κ3) is 5.71. The highest BCUT2D eigenvalue weighted by Crippen LogP contribution is 2.30. The van der Waals surface area contributed by atoms with Gasteiger partial charge >= 0.3 is 6.03 Å². The molecule has 0 unspecified atom stereocenters. The van der Waals surface area contributed by atoms with Crippen LogP contribution < -0.4 is 10.2 Å². The van der Waals surface area contributed by atoms with Crippen LogP contribution in [0.4, 0.5) is 15.0 Å². The van der Waals surface area contributed by atoms with Crippen LogP contribution in [-0.4, -0.2) is 71.4 Å². The van der Waals surface area contributed by atoms with Gasteiger partial charge in [0, 0.05) is 44.3 Å². The second-order valence-corrected chi connectivity index (χ2v) is 9.78. The summed E-state index contributed by atoms with van der Waals surface area (Å²) in [4.78, 5) is 19.9. The van der Waals surface area contributed by atoms with Crippen LogP contribution in [0.15, 0.2) is 24.3 Å². The molecule has 186 valence electrons. The van der Waals surface area contributed by atoms with Gasteiger partial charge in [-0.25, -0.2) is 13.9 Å². The summed E-state index contributed by atoms with van der Waals surface area (Å²) in [6, 6.07) is 6.86. The van der Waals surface area contributed by atoms with Crippen molar-refractivity contribution in [2.75, 3.05) is 44.7 Å². The summed E-state index contributed by atoms with van der Waals surface area (Å²) in [5, 5.41) is 8.12. The van der Waals surface area contributed by atoms with Crippen molar-refractivity contribution in [3.8, 4) is 5.69 Å². The van der Waals surface area contributed by atoms with E-state index in [9.17, 15) is 9.18 Å². The first-order valence-electron chi connectivity index (χ1n) is 12.8. The number of piperazine rings is 1. The molecule has 2 aliphatic rings. The number of benzene rings is 1. The van der Waals surface area contributed by atoms with Gasteiger partial charge < -0.3 is 20.0 Å². The second-order valence-electron chi connectivity index (χ2n) is 9.78. The van der Waals surface area contributed by atoms with Gasteiger partial charge in [-0.2, -0.15) is 5.10 Å². The number of amides is 2. The summed E-state index contributed by atoms with van der Waals surface area (Å²) in [5.41, 5.74) is 2.63. The summed E-state index contributed by atoms with van der Waals surface area (Å²) >= 11 is 0. The maximum Gasteiger partial charge on any atom is 0.317 e. The first-order valence-corrected chi connectivity index (χ1v) is 12.8. The maximum absolute atomic E-state index is 14.1. The number of nitrogens with zero attached hydrogens (tertiary/aromatic N) is 5. The predicted octanol–water partition coefficient (Wildman–Crippen LogP) is 4.33. The van der Waals surface area contributed by atoms with Crippen LogP contribution >= 0.6 is 0 Å². The topological polar surface area (TPSA) is 56.6 Å². The number of hydrogen-bond donors (Lipinski definition) is 1. The Labute approximate surface area is 202 Å². The fraction of sp³-hybridized carbons (Fsp3) is 0.615. The minimum Gasteiger partial charge on any atom is -0.354 e. The summed E-state index contributed by atoms with van der Waals surface area (Å²) < 4.78 is 16.0. The van der Waals surface area contributed by atoms with Crippen molar-refractivity contribution < 1.29 is 9.18 Å². The highest BCUT2D eigenvalue weighted by molar-refractivity contribution is 5.75. The molecule has 1 saturated heterocycles. The Morgan fingerprint density at radius 2 is 1.91 bits per heavy atom. The number of carbonyl (C=O) groups excluding carboxylic acids is 1. The molecule has 0 atom stereocenters. The number of aryl methyl sites for hydroxylation is 1. The fourth-order valence-corrected chi connectivity index (χ4v) is 5.09. The molecule has 1 aromatic heterocycles. The van der Waals surface area contributed by atoms with E-state index >= 15 is 0 Å². The quantitative estimate of drug-likeness (QED) is 0.655. The van der Waals surface area contributed by atoms with E-state index in [2.05, 4.69) is 29.1 Å². The lowest BCUT2D eigenvalue weighted by Gasteiger charge is -2.35. The smallest absolute Gasteiger partial charge is 0.317 e. The van der Waals surface area contributed by atoms with Crippen LogP contribution in [-0.2, 0) is 6.54 Å². The van der Waals surface area contributed by atoms with Crippen molar-refractivity contribution >= 4 is 11.8 Å². The largest absolute Gasteiger partial charge is 0.354 e. The lowest BCUT2D eigenvalue weighted by atomic mass is 9.96. The Morgan fingerprint density at radius 1 is 1.18 bits per heavy atom. The molecule has 7 nitrogen and oxygen atoms in total. The standard InChI is InChI=1S/C26H39FN6O/c1-4-13-32(26(34)28-22-10-6-5-7-11-22)19-24-20(2)29-33(23-12-8-9-21(27)18-23)25(24)31-16-14-30(3)15-17-31/h8-9,12,18,22H,4-7,10-11,13-17,19H2,1-3H3,(H,28,34). The number of urea groups is 1. The molecular weight excluding hydrogens is 431 g/mol. The maximum atomic E-state index is 14.1. The molecule has 2 fully saturated rings. The van der Waals surface area contributed by atoms with Gasteiger partial charge in [-0.15, -0.1) is 0 Å². The molecule has 1 aliphatic heterocycles. The zero-order chi connectivity index (χ0) is 24.1. The molecule has 0 spiro atoms. The number of carbonyl (C=O) groups is 1. The van der Waals surface area contributed by atoms with Crippen molar-refractivity contribution in [1.29, 1.82) is 0 Å². The Bertz CT molecular complexity index is 962. The first kappa shape index (κ1) is 24.5. The fourth-order valence-electron chi connectivity index (χ4n) is 5.09. The van der Waals surface area contributed by atoms with Crippen LogP contribution in [0.1, 0.15) is 56.7 Å². The Kier molecular flexibility index (Phi) is 8.08. The van der Waals surface area contributed by atoms with Gasteiger partial charge in [0.05, 0.1) is 17.9 Å². The van der Waals surface area contributed by atoms with Gasteiger partial charge in [-0.3, -0.25) is 0 Å². The summed E-state index contributed by atoms with van der Waals surface area (Å²) in [6.45, 7) is 8.92. The number of anilines is 1. The van der Waals surface area contributed by atoms with Crippen LogP contribution in [0.3, 0.4) is 0 Å². The number of nitrogens with one attached hydrogen (secondary N) is 1. The van der Waals surface area contributed by atoms with Gasteiger partial charge in [-0.1, -0.05) is 32.3 Å². The van der Waals surface area contributed by atoms with Crippen LogP contribution in [0.5, 0.6) is 0 Å². The van der Waals surface area contributed by atoms with Crippen molar-refractivity contribution in [3.05, 3.63) is 41.3 Å². The van der Waals surface area contributed by atoms with E-state index < -0.39 is 0 Å². The van der Waals surface area contributed by atoms with Gasteiger partial charge in [0.2, 0.25) is 0 Å². The molecule has 2 amide bonds. The number of rotatable bonds is 7. The third-order valence-electron chi connectivity index (χ3n) is 7.08. The molecule has 1 aromatic carbocycles. The van der Waals surface area contributed by atoms with E-state index in [0.717, 1.165) is 62.5 Å². The Hall–Kier alpha value is -2.61. The average Bonchev–Trinajstić information content (AvgIpc) is 3.16.